The topological polar surface area (TPSA) is 75.7 Å². The van der Waals surface area contributed by atoms with Gasteiger partial charge in [-0.2, -0.15) is 16.1 Å². The van der Waals surface area contributed by atoms with Crippen molar-refractivity contribution in [2.24, 2.45) is 0 Å². The van der Waals surface area contributed by atoms with Gasteiger partial charge >= 0.3 is 0 Å². The van der Waals surface area contributed by atoms with Crippen LogP contribution in [0.5, 0.6) is 5.75 Å². The van der Waals surface area contributed by atoms with Crippen molar-refractivity contribution >= 4 is 33.4 Å². The van der Waals surface area contributed by atoms with E-state index in [1.165, 1.54) is 23.5 Å². The molecular formula is C17H26N2O4S2. The maximum atomic E-state index is 12.8. The van der Waals surface area contributed by atoms with Crippen LogP contribution in [0.4, 0.5) is 5.69 Å². The number of thioether (sulfide) groups is 1. The number of benzene rings is 1. The third-order valence-corrected chi connectivity index (χ3v) is 7.04. The molecule has 0 bridgehead atoms. The maximum absolute atomic E-state index is 12.8. The van der Waals surface area contributed by atoms with E-state index in [9.17, 15) is 13.2 Å². The molecule has 1 saturated heterocycles. The molecule has 2 rings (SSSR count). The second-order valence-corrected chi connectivity index (χ2v) is 8.97. The van der Waals surface area contributed by atoms with Gasteiger partial charge in [-0.05, 0) is 43.2 Å². The molecule has 0 spiro atoms. The Bertz CT molecular complexity index is 686. The number of amides is 1. The predicted molar refractivity (Wildman–Crippen MR) is 102 cm³/mol. The minimum Gasteiger partial charge on any atom is -0.495 e. The van der Waals surface area contributed by atoms with Gasteiger partial charge in [0.2, 0.25) is 15.9 Å². The van der Waals surface area contributed by atoms with Gasteiger partial charge in [-0.3, -0.25) is 4.79 Å². The first-order valence-corrected chi connectivity index (χ1v) is 11.1. The van der Waals surface area contributed by atoms with Gasteiger partial charge in [0, 0.05) is 13.1 Å². The molecular weight excluding hydrogens is 360 g/mol. The fourth-order valence-electron chi connectivity index (χ4n) is 2.70. The van der Waals surface area contributed by atoms with Crippen molar-refractivity contribution in [3.05, 3.63) is 18.2 Å². The summed E-state index contributed by atoms with van der Waals surface area (Å²) >= 11 is 1.55. The Morgan fingerprint density at radius 1 is 1.28 bits per heavy atom. The van der Waals surface area contributed by atoms with Gasteiger partial charge in [-0.15, -0.1) is 0 Å². The highest BCUT2D eigenvalue weighted by Crippen LogP contribution is 2.30. The molecule has 6 nitrogen and oxygen atoms in total. The zero-order valence-electron chi connectivity index (χ0n) is 14.8. The van der Waals surface area contributed by atoms with Crippen molar-refractivity contribution in [2.45, 2.75) is 37.5 Å². The van der Waals surface area contributed by atoms with Gasteiger partial charge in [0.15, 0.2) is 0 Å². The van der Waals surface area contributed by atoms with Crippen LogP contribution >= 0.6 is 11.8 Å². The molecule has 1 aliphatic rings. The average molecular weight is 387 g/mol. The van der Waals surface area contributed by atoms with Crippen LogP contribution in [-0.2, 0) is 14.8 Å². The van der Waals surface area contributed by atoms with Gasteiger partial charge in [0.1, 0.15) is 5.75 Å². The number of nitrogens with zero attached hydrogens (tertiary/aromatic N) is 1. The Balaban J connectivity index is 2.19. The highest BCUT2D eigenvalue weighted by Gasteiger charge is 2.26. The molecule has 1 amide bonds. The molecule has 1 aliphatic heterocycles. The maximum Gasteiger partial charge on any atom is 0.243 e. The van der Waals surface area contributed by atoms with Crippen LogP contribution in [0.2, 0.25) is 0 Å². The smallest absolute Gasteiger partial charge is 0.243 e. The molecule has 1 fully saturated rings. The normalized spacial score (nSPS) is 15.8. The lowest BCUT2D eigenvalue weighted by atomic mass is 10.2. The number of hydrogen-bond donors (Lipinski definition) is 1. The fraction of sp³-hybridized carbons (Fsp3) is 0.588. The number of anilines is 1. The van der Waals surface area contributed by atoms with Crippen molar-refractivity contribution in [2.75, 3.05) is 37.0 Å². The van der Waals surface area contributed by atoms with Crippen molar-refractivity contribution in [3.8, 4) is 5.75 Å². The largest absolute Gasteiger partial charge is 0.495 e. The van der Waals surface area contributed by atoms with E-state index in [2.05, 4.69) is 12.2 Å². The lowest BCUT2D eigenvalue weighted by Crippen LogP contribution is -2.35. The molecule has 0 saturated carbocycles. The second kappa shape index (κ2) is 9.45. The van der Waals surface area contributed by atoms with Gasteiger partial charge in [0.25, 0.3) is 0 Å². The molecule has 1 heterocycles. The molecule has 1 aromatic carbocycles. The van der Waals surface area contributed by atoms with Crippen molar-refractivity contribution in [1.29, 1.82) is 0 Å². The number of sulfonamides is 1. The number of carbonyl (C=O) groups is 1. The minimum atomic E-state index is -3.54. The zero-order valence-corrected chi connectivity index (χ0v) is 16.4. The van der Waals surface area contributed by atoms with Gasteiger partial charge < -0.3 is 10.1 Å². The van der Waals surface area contributed by atoms with Crippen molar-refractivity contribution in [3.63, 3.8) is 0 Å². The summed E-state index contributed by atoms with van der Waals surface area (Å²) in [7, 11) is -2.05. The number of ether oxygens (including phenoxy) is 1. The summed E-state index contributed by atoms with van der Waals surface area (Å²) in [6.45, 7) is 3.15. The third kappa shape index (κ3) is 5.36. The molecule has 0 radical (unpaired) electrons. The molecule has 140 valence electrons. The number of nitrogens with one attached hydrogen (secondary N) is 1. The van der Waals surface area contributed by atoms with Crippen LogP contribution in [0.15, 0.2) is 23.1 Å². The SMILES string of the molecule is CCCSCC(=O)Nc1cc(S(=O)(=O)N2CCCCC2)ccc1OC. The summed E-state index contributed by atoms with van der Waals surface area (Å²) in [5.41, 5.74) is 0.391. The summed E-state index contributed by atoms with van der Waals surface area (Å²) in [6.07, 6.45) is 3.83. The van der Waals surface area contributed by atoms with Crippen molar-refractivity contribution in [1.82, 2.24) is 4.31 Å². The minimum absolute atomic E-state index is 0.163. The lowest BCUT2D eigenvalue weighted by molar-refractivity contribution is -0.113. The Hall–Kier alpha value is -1.25. The second-order valence-electron chi connectivity index (χ2n) is 5.93. The van der Waals surface area contributed by atoms with E-state index in [1.807, 2.05) is 0 Å². The van der Waals surface area contributed by atoms with E-state index in [1.54, 1.807) is 17.8 Å². The molecule has 0 aliphatic carbocycles. The average Bonchev–Trinajstić information content (AvgIpc) is 2.62. The summed E-state index contributed by atoms with van der Waals surface area (Å²) < 4.78 is 32.4. The van der Waals surface area contributed by atoms with Gasteiger partial charge in [-0.25, -0.2) is 8.42 Å². The highest BCUT2D eigenvalue weighted by molar-refractivity contribution is 7.99. The van der Waals surface area contributed by atoms with Crippen LogP contribution in [0.1, 0.15) is 32.6 Å². The van der Waals surface area contributed by atoms with Crippen LogP contribution in [0, 0.1) is 0 Å². The van der Waals surface area contributed by atoms with Crippen LogP contribution in [0.25, 0.3) is 0 Å². The Kier molecular flexibility index (Phi) is 7.58. The predicted octanol–water partition coefficient (Wildman–Crippen LogP) is 2.95. The van der Waals surface area contributed by atoms with E-state index in [0.717, 1.165) is 31.4 Å². The van der Waals surface area contributed by atoms with Crippen LogP contribution in [-0.4, -0.2) is 50.3 Å². The number of piperidine rings is 1. The molecule has 0 atom stereocenters. The quantitative estimate of drug-likeness (QED) is 0.695. The van der Waals surface area contributed by atoms with E-state index in [-0.39, 0.29) is 10.8 Å². The molecule has 0 unspecified atom stereocenters. The van der Waals surface area contributed by atoms with Gasteiger partial charge in [0.05, 0.1) is 23.4 Å². The van der Waals surface area contributed by atoms with E-state index in [4.69, 9.17) is 4.74 Å². The van der Waals surface area contributed by atoms with E-state index < -0.39 is 10.0 Å². The Morgan fingerprint density at radius 3 is 2.64 bits per heavy atom. The highest BCUT2D eigenvalue weighted by atomic mass is 32.2. The molecule has 1 aromatic rings. The lowest BCUT2D eigenvalue weighted by Gasteiger charge is -2.26. The van der Waals surface area contributed by atoms with E-state index in [0.29, 0.717) is 30.3 Å². The molecule has 1 N–H and O–H groups in total. The van der Waals surface area contributed by atoms with Crippen LogP contribution < -0.4 is 10.1 Å². The van der Waals surface area contributed by atoms with Crippen molar-refractivity contribution < 1.29 is 17.9 Å². The van der Waals surface area contributed by atoms with Crippen LogP contribution in [0.3, 0.4) is 0 Å². The number of methoxy groups -OCH3 is 1. The fourth-order valence-corrected chi connectivity index (χ4v) is 4.93. The number of rotatable bonds is 8. The summed E-state index contributed by atoms with van der Waals surface area (Å²) in [6, 6.07) is 4.61. The first kappa shape index (κ1) is 20.1. The van der Waals surface area contributed by atoms with E-state index >= 15 is 0 Å². The third-order valence-electron chi connectivity index (χ3n) is 3.98. The van der Waals surface area contributed by atoms with Gasteiger partial charge in [-0.1, -0.05) is 13.3 Å². The summed E-state index contributed by atoms with van der Waals surface area (Å²) in [5.74, 6) is 1.53. The molecule has 25 heavy (non-hydrogen) atoms. The standard InChI is InChI=1S/C17H26N2O4S2/c1-3-11-24-13-17(20)18-15-12-14(7-8-16(15)23-2)25(21,22)19-9-5-4-6-10-19/h7-8,12H,3-6,9-11,13H2,1-2H3,(H,18,20). The number of carbonyl (C=O) groups excluding carboxylic acids is 1. The number of hydrogen-bond acceptors (Lipinski definition) is 5. The first-order chi connectivity index (χ1) is 12.0. The Labute approximate surface area is 154 Å². The first-order valence-electron chi connectivity index (χ1n) is 8.55. The molecule has 0 aromatic heterocycles. The zero-order chi connectivity index (χ0) is 18.3. The monoisotopic (exact) mass is 386 g/mol. The Morgan fingerprint density at radius 2 is 2.00 bits per heavy atom. The summed E-state index contributed by atoms with van der Waals surface area (Å²) in [4.78, 5) is 12.3. The summed E-state index contributed by atoms with van der Waals surface area (Å²) in [5, 5.41) is 2.77. The molecule has 8 heteroatoms.